The number of aromatic nitrogens is 2. The number of aromatic hydroxyl groups is 1. The zero-order chi connectivity index (χ0) is 33.4. The van der Waals surface area contributed by atoms with Gasteiger partial charge < -0.3 is 25.0 Å². The third kappa shape index (κ3) is 5.22. The third-order valence-electron chi connectivity index (χ3n) is 10.9. The van der Waals surface area contributed by atoms with E-state index in [-0.39, 0.29) is 61.4 Å². The van der Waals surface area contributed by atoms with Crippen molar-refractivity contribution in [3.63, 3.8) is 0 Å². The minimum Gasteiger partial charge on any atom is -0.508 e. The summed E-state index contributed by atoms with van der Waals surface area (Å²) in [6.07, 6.45) is 12.0. The number of halogens is 2. The zero-order valence-corrected chi connectivity index (χ0v) is 28.1. The first-order valence-corrected chi connectivity index (χ1v) is 17.9. The summed E-state index contributed by atoms with van der Waals surface area (Å²) < 4.78 is 55.5. The molecule has 252 valence electrons. The Hall–Kier alpha value is -3.79. The van der Waals surface area contributed by atoms with Gasteiger partial charge in [0.15, 0.2) is 22.6 Å². The summed E-state index contributed by atoms with van der Waals surface area (Å²) in [5, 5.41) is 14.9. The molecule has 1 unspecified atom stereocenters. The highest BCUT2D eigenvalue weighted by molar-refractivity contribution is 7.83. The van der Waals surface area contributed by atoms with E-state index in [1.54, 1.807) is 4.31 Å². The van der Waals surface area contributed by atoms with Crippen LogP contribution in [0.1, 0.15) is 61.8 Å². The van der Waals surface area contributed by atoms with Gasteiger partial charge >= 0.3 is 6.01 Å². The van der Waals surface area contributed by atoms with Crippen LogP contribution in [0, 0.1) is 29.0 Å². The van der Waals surface area contributed by atoms with Crippen LogP contribution in [-0.4, -0.2) is 88.0 Å². The number of hydrogen-bond donors (Lipinski definition) is 2. The van der Waals surface area contributed by atoms with Crippen LogP contribution in [-0.2, 0) is 11.0 Å². The van der Waals surface area contributed by atoms with Crippen LogP contribution >= 0.6 is 0 Å². The molecule has 3 aliphatic heterocycles. The van der Waals surface area contributed by atoms with Crippen molar-refractivity contribution in [2.24, 2.45) is 10.8 Å². The molecule has 4 heterocycles. The molecule has 8 rings (SSSR count). The first-order valence-electron chi connectivity index (χ1n) is 16.8. The van der Waals surface area contributed by atoms with Gasteiger partial charge in [0.25, 0.3) is 0 Å². The van der Waals surface area contributed by atoms with Crippen molar-refractivity contribution in [3.8, 4) is 24.1 Å². The molecule has 48 heavy (non-hydrogen) atoms. The normalized spacial score (nSPS) is 22.8. The number of hydrogen-bond acceptors (Lipinski definition) is 8. The number of rotatable bonds is 8. The van der Waals surface area contributed by atoms with Crippen LogP contribution in [0.4, 0.5) is 14.6 Å². The smallest absolute Gasteiger partial charge is 0.319 e. The second-order valence-corrected chi connectivity index (χ2v) is 15.9. The Morgan fingerprint density at radius 3 is 2.50 bits per heavy atom. The fourth-order valence-corrected chi connectivity index (χ4v) is 9.42. The molecule has 1 spiro atoms. The van der Waals surface area contributed by atoms with Crippen molar-refractivity contribution in [1.29, 1.82) is 0 Å². The Bertz CT molecular complexity index is 1900. The highest BCUT2D eigenvalue weighted by atomic mass is 32.2. The van der Waals surface area contributed by atoms with E-state index < -0.39 is 22.6 Å². The molecule has 9 nitrogen and oxygen atoms in total. The molecule has 2 aliphatic carbocycles. The van der Waals surface area contributed by atoms with Gasteiger partial charge in [0.1, 0.15) is 22.2 Å². The molecule has 2 saturated heterocycles. The summed E-state index contributed by atoms with van der Waals surface area (Å²) in [5.74, 6) is 1.35. The lowest BCUT2D eigenvalue weighted by Gasteiger charge is -2.49. The Labute approximate surface area is 281 Å². The summed E-state index contributed by atoms with van der Waals surface area (Å²) >= 11 is 0. The topological polar surface area (TPSA) is 94.1 Å². The molecule has 2 N–H and O–H groups in total. The molecule has 4 fully saturated rings. The van der Waals surface area contributed by atoms with E-state index in [4.69, 9.17) is 16.1 Å². The largest absolute Gasteiger partial charge is 0.508 e. The summed E-state index contributed by atoms with van der Waals surface area (Å²) in [7, 11) is 2.13. The highest BCUT2D eigenvalue weighted by Crippen LogP contribution is 2.50. The van der Waals surface area contributed by atoms with Gasteiger partial charge in [-0.3, -0.25) is 4.31 Å². The monoisotopic (exact) mass is 674 g/mol. The number of terminal acetylenes is 1. The third-order valence-corrected chi connectivity index (χ3v) is 12.5. The number of fused-ring (bicyclic) bond motifs is 2. The summed E-state index contributed by atoms with van der Waals surface area (Å²) in [5.41, 5.74) is 0.235. The molecule has 5 aliphatic rings. The number of piperidine rings is 1. The predicted molar refractivity (Wildman–Crippen MR) is 182 cm³/mol. The lowest BCUT2D eigenvalue weighted by Crippen LogP contribution is -2.58. The van der Waals surface area contributed by atoms with Gasteiger partial charge in [-0.05, 0) is 88.0 Å². The molecule has 1 aromatic heterocycles. The number of nitrogens with one attached hydrogen (secondary N) is 1. The van der Waals surface area contributed by atoms with Gasteiger partial charge in [-0.2, -0.15) is 9.97 Å². The van der Waals surface area contributed by atoms with Crippen molar-refractivity contribution in [3.05, 3.63) is 46.9 Å². The molecule has 12 heteroatoms. The van der Waals surface area contributed by atoms with E-state index in [0.29, 0.717) is 43.7 Å². The van der Waals surface area contributed by atoms with Crippen molar-refractivity contribution >= 4 is 39.1 Å². The second kappa shape index (κ2) is 11.7. The van der Waals surface area contributed by atoms with E-state index >= 15 is 8.78 Å². The Morgan fingerprint density at radius 1 is 1.15 bits per heavy atom. The number of nitrogens with zero attached hydrogens (tertiary/aromatic N) is 5. The van der Waals surface area contributed by atoms with Crippen molar-refractivity contribution < 1.29 is 22.8 Å². The minimum atomic E-state index is -1.92. The predicted octanol–water partition coefficient (Wildman–Crippen LogP) is 5.05. The molecule has 3 aromatic rings. The van der Waals surface area contributed by atoms with Gasteiger partial charge in [-0.1, -0.05) is 12.0 Å². The van der Waals surface area contributed by atoms with E-state index in [9.17, 15) is 9.32 Å². The summed E-state index contributed by atoms with van der Waals surface area (Å²) in [4.78, 5) is 14.0. The van der Waals surface area contributed by atoms with Gasteiger partial charge in [-0.15, -0.1) is 6.42 Å². The first kappa shape index (κ1) is 31.5. The van der Waals surface area contributed by atoms with E-state index in [2.05, 4.69) is 26.0 Å². The summed E-state index contributed by atoms with van der Waals surface area (Å²) in [6.45, 7) is 4.57. The highest BCUT2D eigenvalue weighted by Gasteiger charge is 2.47. The maximum Gasteiger partial charge on any atom is 0.319 e. The van der Waals surface area contributed by atoms with Gasteiger partial charge in [-0.25, -0.2) is 13.0 Å². The number of benzene rings is 2. The number of phenolic OH excluding ortho intramolecular Hbond substituents is 1. The lowest BCUT2D eigenvalue weighted by atomic mass is 9.73. The van der Waals surface area contributed by atoms with Crippen LogP contribution in [0.25, 0.3) is 22.3 Å². The Kier molecular flexibility index (Phi) is 7.65. The van der Waals surface area contributed by atoms with Crippen LogP contribution in [0.3, 0.4) is 0 Å². The lowest BCUT2D eigenvalue weighted by molar-refractivity contribution is 0.125. The average molecular weight is 675 g/mol. The maximum absolute atomic E-state index is 17.5. The average Bonchev–Trinajstić information content (AvgIpc) is 3.79. The van der Waals surface area contributed by atoms with Crippen LogP contribution < -0.4 is 15.0 Å². The fourth-order valence-electron chi connectivity index (χ4n) is 7.76. The number of anilines is 1. The molecular formula is C36H40F2N6O3S. The first-order chi connectivity index (χ1) is 23.1. The van der Waals surface area contributed by atoms with E-state index in [0.717, 1.165) is 51.7 Å². The number of phenols is 1. The van der Waals surface area contributed by atoms with Gasteiger partial charge in [0.2, 0.25) is 0 Å². The van der Waals surface area contributed by atoms with Crippen molar-refractivity contribution in [1.82, 2.24) is 24.5 Å². The molecule has 0 bridgehead atoms. The molecule has 0 amide bonds. The number of ether oxygens (including phenoxy) is 1. The maximum atomic E-state index is 17.5. The molecule has 0 radical (unpaired) electrons. The fraction of sp³-hybridized carbons (Fsp3) is 0.500. The quantitative estimate of drug-likeness (QED) is 0.321. The molecule has 1 atom stereocenters. The minimum absolute atomic E-state index is 0.0166. The molecular weight excluding hydrogens is 634 g/mol. The van der Waals surface area contributed by atoms with Gasteiger partial charge in [0.05, 0.1) is 17.9 Å². The second-order valence-electron chi connectivity index (χ2n) is 14.6. The standard InChI is InChI=1S/C36H40F2N6O3S/c1-4-25-27(37)9-8-22-16-24(45)17-26(28(22)25)31-29(38)30-32(48(46)44(31)23-6-5-7-23)33(43-14-12-35(13-15-43)18-39-19-35)41-34(40-30)47-21-36(10-11-36)20-42(2)3/h1,8-9,16-17,23,39,45H,5-7,10-15,18-21H2,2-3H3. The van der Waals surface area contributed by atoms with Crippen molar-refractivity contribution in [2.75, 3.05) is 58.3 Å². The van der Waals surface area contributed by atoms with E-state index in [1.165, 1.54) is 24.3 Å². The molecule has 2 saturated carbocycles. The van der Waals surface area contributed by atoms with E-state index in [1.807, 2.05) is 14.1 Å². The van der Waals surface area contributed by atoms with Crippen LogP contribution in [0.2, 0.25) is 0 Å². The van der Waals surface area contributed by atoms with Crippen LogP contribution in [0.15, 0.2) is 29.2 Å². The van der Waals surface area contributed by atoms with Crippen molar-refractivity contribution in [2.45, 2.75) is 55.9 Å². The Balaban J connectivity index is 1.31. The zero-order valence-electron chi connectivity index (χ0n) is 27.3. The SMILES string of the molecule is C#Cc1c(F)ccc2cc(O)cc(C3=C(F)c4nc(OCC5(CN(C)C)CC5)nc(N5CCC6(CC5)CNC6)c4S(=O)N3C3CCC3)c12. The van der Waals surface area contributed by atoms with Gasteiger partial charge in [0, 0.05) is 55.1 Å². The Morgan fingerprint density at radius 2 is 1.90 bits per heavy atom. The summed E-state index contributed by atoms with van der Waals surface area (Å²) in [6, 6.07) is 5.38. The van der Waals surface area contributed by atoms with Crippen LogP contribution in [0.5, 0.6) is 11.8 Å². The molecule has 2 aromatic carbocycles.